The summed E-state index contributed by atoms with van der Waals surface area (Å²) >= 11 is 0. The van der Waals surface area contributed by atoms with E-state index in [-0.39, 0.29) is 0 Å². The summed E-state index contributed by atoms with van der Waals surface area (Å²) < 4.78 is 0. The molecule has 7 nitrogen and oxygen atoms in total. The molecule has 1 fully saturated rings. The third-order valence-corrected chi connectivity index (χ3v) is 4.86. The number of hydrogen-bond acceptors (Lipinski definition) is 5. The molecule has 150 valence electrons. The predicted molar refractivity (Wildman–Crippen MR) is 116 cm³/mol. The molecule has 0 amide bonds. The van der Waals surface area contributed by atoms with Crippen LogP contribution in [-0.4, -0.2) is 73.7 Å². The van der Waals surface area contributed by atoms with E-state index < -0.39 is 0 Å². The van der Waals surface area contributed by atoms with Gasteiger partial charge in [-0.1, -0.05) is 18.2 Å². The highest BCUT2D eigenvalue weighted by Gasteiger charge is 2.20. The van der Waals surface area contributed by atoms with E-state index >= 15 is 0 Å². The number of rotatable bonds is 7. The first kappa shape index (κ1) is 19.9. The van der Waals surface area contributed by atoms with Gasteiger partial charge in [-0.2, -0.15) is 0 Å². The lowest BCUT2D eigenvalue weighted by atomic mass is 10.3. The molecule has 1 saturated heterocycles. The van der Waals surface area contributed by atoms with Gasteiger partial charge in [0.05, 0.1) is 0 Å². The lowest BCUT2D eigenvalue weighted by molar-refractivity contribution is 0.370. The summed E-state index contributed by atoms with van der Waals surface area (Å²) in [4.78, 5) is 20.4. The molecule has 0 spiro atoms. The summed E-state index contributed by atoms with van der Waals surface area (Å²) in [6.07, 6.45) is 4.62. The Morgan fingerprint density at radius 2 is 1.79 bits per heavy atom. The first-order valence-corrected chi connectivity index (χ1v) is 10.1. The molecule has 2 heterocycles. The fourth-order valence-electron chi connectivity index (χ4n) is 3.30. The molecule has 28 heavy (non-hydrogen) atoms. The van der Waals surface area contributed by atoms with Crippen LogP contribution >= 0.6 is 0 Å². The van der Waals surface area contributed by atoms with E-state index in [1.54, 1.807) is 12.4 Å². The summed E-state index contributed by atoms with van der Waals surface area (Å²) in [5.74, 6) is 1.83. The first-order valence-electron chi connectivity index (χ1n) is 10.1. The van der Waals surface area contributed by atoms with Crippen LogP contribution in [0, 0.1) is 0 Å². The Kier molecular flexibility index (Phi) is 7.46. The molecular weight excluding hydrogens is 350 g/mol. The van der Waals surface area contributed by atoms with Crippen LogP contribution in [0.4, 0.5) is 11.6 Å². The summed E-state index contributed by atoms with van der Waals surface area (Å²) in [6, 6.07) is 12.3. The number of para-hydroxylation sites is 1. The number of guanidine groups is 1. The monoisotopic (exact) mass is 381 g/mol. The van der Waals surface area contributed by atoms with Crippen molar-refractivity contribution in [2.45, 2.75) is 13.3 Å². The van der Waals surface area contributed by atoms with Crippen LogP contribution in [0.1, 0.15) is 13.3 Å². The fraction of sp³-hybridized carbons (Fsp3) is 0.476. The first-order chi connectivity index (χ1) is 13.8. The number of hydrogen-bond donors (Lipinski definition) is 1. The molecule has 1 N–H and O–H groups in total. The minimum atomic E-state index is 0.813. The molecule has 7 heteroatoms. The second-order valence-electron chi connectivity index (χ2n) is 6.87. The van der Waals surface area contributed by atoms with Gasteiger partial charge < -0.3 is 20.0 Å². The van der Waals surface area contributed by atoms with Gasteiger partial charge in [0, 0.05) is 70.9 Å². The number of aromatic nitrogens is 2. The molecule has 1 aromatic heterocycles. The maximum absolute atomic E-state index is 4.86. The maximum atomic E-state index is 4.86. The molecule has 0 radical (unpaired) electrons. The van der Waals surface area contributed by atoms with E-state index in [9.17, 15) is 0 Å². The van der Waals surface area contributed by atoms with Gasteiger partial charge in [-0.3, -0.25) is 4.99 Å². The van der Waals surface area contributed by atoms with E-state index in [4.69, 9.17) is 4.99 Å². The Morgan fingerprint density at radius 1 is 1.07 bits per heavy atom. The molecule has 3 rings (SSSR count). The van der Waals surface area contributed by atoms with Crippen molar-refractivity contribution in [2.24, 2.45) is 4.99 Å². The minimum absolute atomic E-state index is 0.813. The molecule has 1 aromatic carbocycles. The Morgan fingerprint density at radius 3 is 2.46 bits per heavy atom. The van der Waals surface area contributed by atoms with Crippen LogP contribution in [0.25, 0.3) is 0 Å². The Balaban J connectivity index is 1.48. The Labute approximate surface area is 168 Å². The van der Waals surface area contributed by atoms with Gasteiger partial charge in [0.25, 0.3) is 0 Å². The molecule has 0 saturated carbocycles. The van der Waals surface area contributed by atoms with Crippen molar-refractivity contribution in [3.05, 3.63) is 48.8 Å². The smallest absolute Gasteiger partial charge is 0.225 e. The molecule has 0 aliphatic carbocycles. The van der Waals surface area contributed by atoms with E-state index in [2.05, 4.69) is 68.2 Å². The zero-order valence-corrected chi connectivity index (χ0v) is 17.0. The predicted octanol–water partition coefficient (Wildman–Crippen LogP) is 2.09. The maximum Gasteiger partial charge on any atom is 0.225 e. The van der Waals surface area contributed by atoms with Crippen molar-refractivity contribution in [1.82, 2.24) is 20.2 Å². The molecular formula is C21H31N7. The average Bonchev–Trinajstić information content (AvgIpc) is 2.77. The van der Waals surface area contributed by atoms with E-state index in [1.807, 2.05) is 12.1 Å². The third-order valence-electron chi connectivity index (χ3n) is 4.86. The summed E-state index contributed by atoms with van der Waals surface area (Å²) in [7, 11) is 2.13. The Bertz CT molecular complexity index is 712. The van der Waals surface area contributed by atoms with Crippen molar-refractivity contribution in [3.8, 4) is 0 Å². The second-order valence-corrected chi connectivity index (χ2v) is 6.87. The highest BCUT2D eigenvalue weighted by Crippen LogP contribution is 2.12. The van der Waals surface area contributed by atoms with Crippen molar-refractivity contribution in [3.63, 3.8) is 0 Å². The average molecular weight is 382 g/mol. The standard InChI is InChI=1S/C21H31N7/c1-3-22-20(25-13-8-14-26(2)19-9-5-4-6-10-19)27-15-17-28(18-16-27)21-23-11-7-12-24-21/h4-7,9-12H,3,8,13-18H2,1-2H3,(H,22,25). The summed E-state index contributed by atoms with van der Waals surface area (Å²) in [5, 5.41) is 3.44. The zero-order valence-electron chi connectivity index (χ0n) is 17.0. The highest BCUT2D eigenvalue weighted by atomic mass is 15.4. The van der Waals surface area contributed by atoms with Crippen LogP contribution in [0.2, 0.25) is 0 Å². The largest absolute Gasteiger partial charge is 0.375 e. The van der Waals surface area contributed by atoms with Crippen LogP contribution in [0.5, 0.6) is 0 Å². The Hall–Kier alpha value is -2.83. The minimum Gasteiger partial charge on any atom is -0.375 e. The molecule has 1 aliphatic rings. The fourth-order valence-corrected chi connectivity index (χ4v) is 3.30. The van der Waals surface area contributed by atoms with Crippen molar-refractivity contribution >= 4 is 17.6 Å². The topological polar surface area (TPSA) is 59.9 Å². The lowest BCUT2D eigenvalue weighted by Crippen LogP contribution is -2.53. The van der Waals surface area contributed by atoms with Crippen molar-refractivity contribution in [1.29, 1.82) is 0 Å². The number of anilines is 2. The van der Waals surface area contributed by atoms with Crippen LogP contribution in [-0.2, 0) is 0 Å². The van der Waals surface area contributed by atoms with E-state index in [0.717, 1.165) is 64.1 Å². The molecule has 0 atom stereocenters. The van der Waals surface area contributed by atoms with Crippen LogP contribution < -0.4 is 15.1 Å². The van der Waals surface area contributed by atoms with E-state index in [1.165, 1.54) is 5.69 Å². The zero-order chi connectivity index (χ0) is 19.6. The van der Waals surface area contributed by atoms with Gasteiger partial charge in [0.2, 0.25) is 5.95 Å². The normalized spacial score (nSPS) is 14.9. The lowest BCUT2D eigenvalue weighted by Gasteiger charge is -2.36. The third kappa shape index (κ3) is 5.58. The van der Waals surface area contributed by atoms with Gasteiger partial charge >= 0.3 is 0 Å². The quantitative estimate of drug-likeness (QED) is 0.450. The number of nitrogens with one attached hydrogen (secondary N) is 1. The van der Waals surface area contributed by atoms with Gasteiger partial charge in [-0.25, -0.2) is 9.97 Å². The molecule has 1 aliphatic heterocycles. The molecule has 0 bridgehead atoms. The van der Waals surface area contributed by atoms with Gasteiger partial charge in [-0.05, 0) is 31.5 Å². The molecule has 2 aromatic rings. The summed E-state index contributed by atoms with van der Waals surface area (Å²) in [5.41, 5.74) is 1.25. The van der Waals surface area contributed by atoms with Crippen molar-refractivity contribution < 1.29 is 0 Å². The van der Waals surface area contributed by atoms with Gasteiger partial charge in [0.15, 0.2) is 5.96 Å². The van der Waals surface area contributed by atoms with Crippen LogP contribution in [0.3, 0.4) is 0 Å². The SMILES string of the molecule is CCNC(=NCCCN(C)c1ccccc1)N1CCN(c2ncccn2)CC1. The van der Waals surface area contributed by atoms with Gasteiger partial charge in [-0.15, -0.1) is 0 Å². The van der Waals surface area contributed by atoms with E-state index in [0.29, 0.717) is 0 Å². The number of aliphatic imine (C=N–C) groups is 1. The van der Waals surface area contributed by atoms with Crippen molar-refractivity contribution in [2.75, 3.05) is 62.7 Å². The summed E-state index contributed by atoms with van der Waals surface area (Å²) in [6.45, 7) is 8.48. The number of piperazine rings is 1. The van der Waals surface area contributed by atoms with Crippen LogP contribution in [0.15, 0.2) is 53.8 Å². The number of nitrogens with zero attached hydrogens (tertiary/aromatic N) is 6. The molecule has 0 unspecified atom stereocenters. The second kappa shape index (κ2) is 10.5. The highest BCUT2D eigenvalue weighted by molar-refractivity contribution is 5.80. The number of benzene rings is 1. The van der Waals surface area contributed by atoms with Gasteiger partial charge in [0.1, 0.15) is 0 Å².